The van der Waals surface area contributed by atoms with Crippen LogP contribution >= 0.6 is 34.8 Å². The van der Waals surface area contributed by atoms with Crippen LogP contribution in [-0.2, 0) is 26.2 Å². The Kier molecular flexibility index (Phi) is 9.92. The smallest absolute Gasteiger partial charge is 0.244 e. The number of sulfonamides is 1. The van der Waals surface area contributed by atoms with Crippen molar-refractivity contribution < 1.29 is 18.0 Å². The minimum Gasteiger partial charge on any atom is -0.352 e. The van der Waals surface area contributed by atoms with Crippen LogP contribution in [0.5, 0.6) is 0 Å². The van der Waals surface area contributed by atoms with E-state index in [9.17, 15) is 18.0 Å². The molecule has 0 radical (unpaired) electrons. The van der Waals surface area contributed by atoms with E-state index in [4.69, 9.17) is 34.8 Å². The van der Waals surface area contributed by atoms with Crippen LogP contribution in [0.3, 0.4) is 0 Å². The lowest BCUT2D eigenvalue weighted by molar-refractivity contribution is -0.139. The Morgan fingerprint density at radius 1 is 0.972 bits per heavy atom. The largest absolute Gasteiger partial charge is 0.352 e. The number of carbonyl (C=O) groups excluding carboxylic acids is 2. The van der Waals surface area contributed by atoms with Crippen molar-refractivity contribution in [3.63, 3.8) is 0 Å². The van der Waals surface area contributed by atoms with Gasteiger partial charge >= 0.3 is 0 Å². The number of hydrogen-bond donors (Lipinski definition) is 1. The SMILES string of the molecule is CC(C(=O)NC1CCCCC1)N(Cc1c(Cl)cccc1Cl)C(=O)CN(c1ccccc1Cl)S(C)(=O)=O. The van der Waals surface area contributed by atoms with E-state index in [1.54, 1.807) is 43.3 Å². The normalized spacial score (nSPS) is 15.2. The standard InChI is InChI=1S/C25H30Cl3N3O4S/c1-17(25(33)29-18-9-4-3-5-10-18)30(15-19-20(26)12-8-13-21(19)27)24(32)16-31(36(2,34)35)23-14-7-6-11-22(23)28/h6-8,11-14,17-18H,3-5,9-10,15-16H2,1-2H3,(H,29,33). The second-order valence-corrected chi connectivity index (χ2v) is 12.1. The van der Waals surface area contributed by atoms with E-state index in [2.05, 4.69) is 5.32 Å². The van der Waals surface area contributed by atoms with Gasteiger partial charge in [-0.05, 0) is 44.0 Å². The summed E-state index contributed by atoms with van der Waals surface area (Å²) < 4.78 is 26.2. The van der Waals surface area contributed by atoms with E-state index in [1.165, 1.54) is 11.0 Å². The van der Waals surface area contributed by atoms with Gasteiger partial charge in [0, 0.05) is 28.2 Å². The van der Waals surface area contributed by atoms with Crippen LogP contribution in [-0.4, -0.2) is 50.0 Å². The first-order chi connectivity index (χ1) is 17.0. The number of amides is 2. The Morgan fingerprint density at radius 3 is 2.14 bits per heavy atom. The zero-order valence-corrected chi connectivity index (χ0v) is 23.3. The molecule has 7 nitrogen and oxygen atoms in total. The summed E-state index contributed by atoms with van der Waals surface area (Å²) in [7, 11) is -3.88. The Hall–Kier alpha value is -2.00. The Bertz CT molecular complexity index is 1180. The monoisotopic (exact) mass is 573 g/mol. The fraction of sp³-hybridized carbons (Fsp3) is 0.440. The molecule has 0 saturated heterocycles. The van der Waals surface area contributed by atoms with E-state index >= 15 is 0 Å². The number of rotatable bonds is 9. The van der Waals surface area contributed by atoms with Crippen LogP contribution in [0.15, 0.2) is 42.5 Å². The molecule has 1 atom stereocenters. The Labute approximate surface area is 227 Å². The maximum Gasteiger partial charge on any atom is 0.244 e. The van der Waals surface area contributed by atoms with Crippen molar-refractivity contribution in [3.8, 4) is 0 Å². The molecule has 1 N–H and O–H groups in total. The van der Waals surface area contributed by atoms with E-state index < -0.39 is 28.5 Å². The minimum absolute atomic E-state index is 0.0465. The number of nitrogens with one attached hydrogen (secondary N) is 1. The molecule has 2 aromatic rings. The summed E-state index contributed by atoms with van der Waals surface area (Å²) in [6.07, 6.45) is 5.99. The van der Waals surface area contributed by atoms with Gasteiger partial charge in [0.05, 0.1) is 17.0 Å². The molecule has 0 spiro atoms. The van der Waals surface area contributed by atoms with Crippen molar-refractivity contribution in [1.29, 1.82) is 0 Å². The second kappa shape index (κ2) is 12.5. The maximum absolute atomic E-state index is 13.7. The molecule has 2 aromatic carbocycles. The Morgan fingerprint density at radius 2 is 1.56 bits per heavy atom. The highest BCUT2D eigenvalue weighted by Gasteiger charge is 2.32. The average Bonchev–Trinajstić information content (AvgIpc) is 2.82. The van der Waals surface area contributed by atoms with Crippen molar-refractivity contribution in [2.24, 2.45) is 0 Å². The predicted octanol–water partition coefficient (Wildman–Crippen LogP) is 5.28. The summed E-state index contributed by atoms with van der Waals surface area (Å²) in [4.78, 5) is 28.2. The van der Waals surface area contributed by atoms with Crippen LogP contribution in [0, 0.1) is 0 Å². The van der Waals surface area contributed by atoms with E-state index in [0.717, 1.165) is 42.7 Å². The molecule has 0 aliphatic heterocycles. The highest BCUT2D eigenvalue weighted by atomic mass is 35.5. The van der Waals surface area contributed by atoms with Gasteiger partial charge in [-0.25, -0.2) is 8.42 Å². The van der Waals surface area contributed by atoms with E-state index in [0.29, 0.717) is 15.6 Å². The number of para-hydroxylation sites is 1. The van der Waals surface area contributed by atoms with Crippen LogP contribution in [0.25, 0.3) is 0 Å². The summed E-state index contributed by atoms with van der Waals surface area (Å²) in [6.45, 7) is 0.990. The van der Waals surface area contributed by atoms with Gasteiger partial charge in [0.2, 0.25) is 21.8 Å². The summed E-state index contributed by atoms with van der Waals surface area (Å²) >= 11 is 19.0. The lowest BCUT2D eigenvalue weighted by Gasteiger charge is -2.33. The molecule has 1 fully saturated rings. The predicted molar refractivity (Wildman–Crippen MR) is 145 cm³/mol. The quantitative estimate of drug-likeness (QED) is 0.442. The summed E-state index contributed by atoms with van der Waals surface area (Å²) in [5, 5.41) is 3.90. The molecule has 1 aliphatic carbocycles. The molecule has 0 bridgehead atoms. The summed E-state index contributed by atoms with van der Waals surface area (Å²) in [5.74, 6) is -0.912. The third kappa shape index (κ3) is 7.28. The number of halogens is 3. The number of benzene rings is 2. The molecule has 11 heteroatoms. The lowest BCUT2D eigenvalue weighted by atomic mass is 9.95. The van der Waals surface area contributed by atoms with Crippen LogP contribution in [0.2, 0.25) is 15.1 Å². The molecule has 1 saturated carbocycles. The van der Waals surface area contributed by atoms with Gasteiger partial charge in [-0.15, -0.1) is 0 Å². The van der Waals surface area contributed by atoms with Crippen molar-refractivity contribution >= 4 is 62.3 Å². The lowest BCUT2D eigenvalue weighted by Crippen LogP contribution is -2.53. The topological polar surface area (TPSA) is 86.8 Å². The zero-order valence-electron chi connectivity index (χ0n) is 20.2. The average molecular weight is 575 g/mol. The fourth-order valence-corrected chi connectivity index (χ4v) is 5.92. The first kappa shape index (κ1) is 28.6. The van der Waals surface area contributed by atoms with Crippen LogP contribution < -0.4 is 9.62 Å². The number of carbonyl (C=O) groups is 2. The van der Waals surface area contributed by atoms with Gasteiger partial charge in [-0.1, -0.05) is 72.3 Å². The third-order valence-electron chi connectivity index (χ3n) is 6.31. The minimum atomic E-state index is -3.88. The maximum atomic E-state index is 13.7. The highest BCUT2D eigenvalue weighted by molar-refractivity contribution is 7.92. The summed E-state index contributed by atoms with van der Waals surface area (Å²) in [5.41, 5.74) is 0.639. The van der Waals surface area contributed by atoms with Gasteiger partial charge < -0.3 is 10.2 Å². The third-order valence-corrected chi connectivity index (χ3v) is 8.46. The Balaban J connectivity index is 1.92. The van der Waals surface area contributed by atoms with Crippen molar-refractivity contribution in [1.82, 2.24) is 10.2 Å². The van der Waals surface area contributed by atoms with Crippen LogP contribution in [0.4, 0.5) is 5.69 Å². The van der Waals surface area contributed by atoms with Gasteiger partial charge in [0.15, 0.2) is 0 Å². The summed E-state index contributed by atoms with van der Waals surface area (Å²) in [6, 6.07) is 10.5. The first-order valence-electron chi connectivity index (χ1n) is 11.7. The molecule has 1 unspecified atom stereocenters. The van der Waals surface area contributed by atoms with Gasteiger partial charge in [0.25, 0.3) is 0 Å². The van der Waals surface area contributed by atoms with Crippen LogP contribution in [0.1, 0.15) is 44.6 Å². The fourth-order valence-electron chi connectivity index (χ4n) is 4.25. The first-order valence-corrected chi connectivity index (χ1v) is 14.7. The molecule has 36 heavy (non-hydrogen) atoms. The second-order valence-electron chi connectivity index (χ2n) is 8.96. The molecular weight excluding hydrogens is 545 g/mol. The van der Waals surface area contributed by atoms with E-state index in [1.807, 2.05) is 0 Å². The van der Waals surface area contributed by atoms with Gasteiger partial charge in [-0.2, -0.15) is 0 Å². The van der Waals surface area contributed by atoms with Crippen molar-refractivity contribution in [2.75, 3.05) is 17.1 Å². The highest BCUT2D eigenvalue weighted by Crippen LogP contribution is 2.29. The molecular formula is C25H30Cl3N3O4S. The molecule has 3 rings (SSSR count). The van der Waals surface area contributed by atoms with E-state index in [-0.39, 0.29) is 29.2 Å². The van der Waals surface area contributed by atoms with Crippen molar-refractivity contribution in [3.05, 3.63) is 63.1 Å². The molecule has 1 aliphatic rings. The molecule has 0 aromatic heterocycles. The van der Waals surface area contributed by atoms with Crippen molar-refractivity contribution in [2.45, 2.75) is 57.7 Å². The molecule has 2 amide bonds. The number of nitrogens with zero attached hydrogens (tertiary/aromatic N) is 2. The molecule has 196 valence electrons. The van der Waals surface area contributed by atoms with Gasteiger partial charge in [0.1, 0.15) is 12.6 Å². The number of hydrogen-bond acceptors (Lipinski definition) is 4. The molecule has 0 heterocycles. The number of anilines is 1. The zero-order chi connectivity index (χ0) is 26.5. The van der Waals surface area contributed by atoms with Gasteiger partial charge in [-0.3, -0.25) is 13.9 Å².